The van der Waals surface area contributed by atoms with Gasteiger partial charge >= 0.3 is 0 Å². The lowest BCUT2D eigenvalue weighted by Crippen LogP contribution is -2.58. The lowest BCUT2D eigenvalue weighted by Gasteiger charge is -2.64. The van der Waals surface area contributed by atoms with Crippen molar-refractivity contribution in [3.63, 3.8) is 0 Å². The van der Waals surface area contributed by atoms with E-state index in [0.29, 0.717) is 53.7 Å². The Hall–Kier alpha value is -1.14. The first-order valence-electron chi connectivity index (χ1n) is 13.6. The SMILES string of the molecule is COCO[C@H]1CC[C@H]2[C@@H]3[C@@H](c4ccc(O)cc4)C[C@H]4CC5(CC[C@]4(C)[C@H]3CC[C@]12C)OCCO5. The fraction of sp³-hybridized carbons (Fsp3) is 0.793. The van der Waals surface area contributed by atoms with Crippen molar-refractivity contribution in [2.45, 2.75) is 83.0 Å². The van der Waals surface area contributed by atoms with Crippen LogP contribution in [0.4, 0.5) is 0 Å². The van der Waals surface area contributed by atoms with Crippen LogP contribution in [0.5, 0.6) is 5.75 Å². The third-order valence-electron chi connectivity index (χ3n) is 11.2. The summed E-state index contributed by atoms with van der Waals surface area (Å²) in [6.45, 7) is 6.96. The van der Waals surface area contributed by atoms with Crippen molar-refractivity contribution in [2.75, 3.05) is 27.1 Å². The van der Waals surface area contributed by atoms with Crippen molar-refractivity contribution in [2.24, 2.45) is 34.5 Å². The molecule has 5 aliphatic rings. The van der Waals surface area contributed by atoms with Gasteiger partial charge in [-0.15, -0.1) is 0 Å². The van der Waals surface area contributed by atoms with Crippen molar-refractivity contribution in [3.05, 3.63) is 29.8 Å². The van der Waals surface area contributed by atoms with Gasteiger partial charge in [0.05, 0.1) is 19.3 Å². The highest BCUT2D eigenvalue weighted by Gasteiger charge is 2.64. The standard InChI is InChI=1S/C29H42O5/c1-27-12-13-29(33-14-15-34-29)17-20(27)16-22(19-4-6-21(30)7-5-19)26-23-8-9-25(32-18-31-3)28(23,2)11-10-24(26)27/h4-7,20,22-26,30H,8-18H2,1-3H3/t20-,22+,23-,24-,25-,26-,27-,28-/m0/s1. The Morgan fingerprint density at radius 1 is 0.941 bits per heavy atom. The van der Waals surface area contributed by atoms with Gasteiger partial charge in [-0.25, -0.2) is 0 Å². The highest BCUT2D eigenvalue weighted by Crippen LogP contribution is 2.70. The molecule has 34 heavy (non-hydrogen) atoms. The molecule has 0 amide bonds. The zero-order chi connectivity index (χ0) is 23.6. The van der Waals surface area contributed by atoms with E-state index in [0.717, 1.165) is 32.5 Å². The van der Waals surface area contributed by atoms with Crippen molar-refractivity contribution >= 4 is 0 Å². The third kappa shape index (κ3) is 3.48. The molecule has 188 valence electrons. The van der Waals surface area contributed by atoms with E-state index in [2.05, 4.69) is 26.0 Å². The van der Waals surface area contributed by atoms with Crippen LogP contribution in [0.15, 0.2) is 24.3 Å². The Kier molecular flexibility index (Phi) is 5.80. The second-order valence-electron chi connectivity index (χ2n) is 12.4. The summed E-state index contributed by atoms with van der Waals surface area (Å²) in [5.74, 6) is 3.15. The monoisotopic (exact) mass is 470 g/mol. The van der Waals surface area contributed by atoms with Crippen LogP contribution in [0.3, 0.4) is 0 Å². The first-order valence-corrected chi connectivity index (χ1v) is 13.6. The maximum Gasteiger partial charge on any atom is 0.168 e. The predicted molar refractivity (Wildman–Crippen MR) is 129 cm³/mol. The maximum atomic E-state index is 10.0. The number of methoxy groups -OCH3 is 1. The highest BCUT2D eigenvalue weighted by molar-refractivity contribution is 5.31. The van der Waals surface area contributed by atoms with Crippen LogP contribution in [0, 0.1) is 34.5 Å². The number of hydrogen-bond donors (Lipinski definition) is 1. The molecule has 4 saturated carbocycles. The van der Waals surface area contributed by atoms with Crippen LogP contribution in [-0.2, 0) is 18.9 Å². The third-order valence-corrected chi connectivity index (χ3v) is 11.2. The molecule has 5 heteroatoms. The molecule has 6 rings (SSSR count). The number of ether oxygens (including phenoxy) is 4. The minimum Gasteiger partial charge on any atom is -0.508 e. The molecule has 0 unspecified atom stereocenters. The Morgan fingerprint density at radius 3 is 2.41 bits per heavy atom. The quantitative estimate of drug-likeness (QED) is 0.559. The highest BCUT2D eigenvalue weighted by atomic mass is 16.7. The van der Waals surface area contributed by atoms with Crippen LogP contribution in [-0.4, -0.2) is 44.1 Å². The minimum absolute atomic E-state index is 0.214. The molecule has 1 heterocycles. The molecule has 1 saturated heterocycles. The van der Waals surface area contributed by atoms with Gasteiger partial charge in [-0.3, -0.25) is 0 Å². The molecule has 1 spiro atoms. The molecular weight excluding hydrogens is 428 g/mol. The first kappa shape index (κ1) is 23.3. The van der Waals surface area contributed by atoms with Crippen LogP contribution >= 0.6 is 0 Å². The molecule has 1 aromatic rings. The molecule has 0 bridgehead atoms. The van der Waals surface area contributed by atoms with Crippen LogP contribution in [0.2, 0.25) is 0 Å². The largest absolute Gasteiger partial charge is 0.508 e. The van der Waals surface area contributed by atoms with E-state index in [-0.39, 0.29) is 11.2 Å². The van der Waals surface area contributed by atoms with Gasteiger partial charge in [-0.2, -0.15) is 0 Å². The number of rotatable bonds is 4. The number of benzene rings is 1. The van der Waals surface area contributed by atoms with Crippen LogP contribution in [0.1, 0.15) is 76.7 Å². The van der Waals surface area contributed by atoms with Gasteiger partial charge in [0.25, 0.3) is 0 Å². The van der Waals surface area contributed by atoms with E-state index >= 15 is 0 Å². The summed E-state index contributed by atoms with van der Waals surface area (Å²) in [6.07, 6.45) is 9.66. The molecule has 1 N–H and O–H groups in total. The van der Waals surface area contributed by atoms with Crippen molar-refractivity contribution in [1.82, 2.24) is 0 Å². The Bertz CT molecular complexity index is 879. The first-order chi connectivity index (χ1) is 16.4. The van der Waals surface area contributed by atoms with Gasteiger partial charge < -0.3 is 24.1 Å². The van der Waals surface area contributed by atoms with Gasteiger partial charge in [0.2, 0.25) is 0 Å². The van der Waals surface area contributed by atoms with Crippen molar-refractivity contribution in [3.8, 4) is 5.75 Å². The molecule has 1 aliphatic heterocycles. The van der Waals surface area contributed by atoms with Crippen LogP contribution < -0.4 is 0 Å². The number of fused-ring (bicyclic) bond motifs is 5. The number of phenols is 1. The molecular formula is C29H42O5. The van der Waals surface area contributed by atoms with E-state index in [9.17, 15) is 5.11 Å². The van der Waals surface area contributed by atoms with Crippen molar-refractivity contribution < 1.29 is 24.1 Å². The van der Waals surface area contributed by atoms with Gasteiger partial charge in [0.1, 0.15) is 12.5 Å². The number of aromatic hydroxyl groups is 1. The van der Waals surface area contributed by atoms with Gasteiger partial charge in [-0.1, -0.05) is 26.0 Å². The average molecular weight is 471 g/mol. The second-order valence-corrected chi connectivity index (χ2v) is 12.4. The molecule has 4 aliphatic carbocycles. The van der Waals surface area contributed by atoms with E-state index < -0.39 is 0 Å². The molecule has 8 atom stereocenters. The van der Waals surface area contributed by atoms with Gasteiger partial charge in [0, 0.05) is 20.0 Å². The summed E-state index contributed by atoms with van der Waals surface area (Å²) in [5, 5.41) is 10.0. The number of hydrogen-bond acceptors (Lipinski definition) is 5. The summed E-state index contributed by atoms with van der Waals surface area (Å²) in [5.41, 5.74) is 1.95. The van der Waals surface area contributed by atoms with Crippen molar-refractivity contribution in [1.29, 1.82) is 0 Å². The second kappa shape index (κ2) is 8.47. The normalized spacial score (nSPS) is 45.0. The topological polar surface area (TPSA) is 57.2 Å². The molecule has 0 radical (unpaired) electrons. The average Bonchev–Trinajstić information content (AvgIpc) is 3.42. The molecule has 5 nitrogen and oxygen atoms in total. The zero-order valence-electron chi connectivity index (χ0n) is 21.1. The smallest absolute Gasteiger partial charge is 0.168 e. The fourth-order valence-electron chi connectivity index (χ4n) is 9.42. The Morgan fingerprint density at radius 2 is 1.68 bits per heavy atom. The fourth-order valence-corrected chi connectivity index (χ4v) is 9.42. The molecule has 5 fully saturated rings. The minimum atomic E-state index is -0.341. The Balaban J connectivity index is 1.37. The lowest BCUT2D eigenvalue weighted by atomic mass is 9.42. The maximum absolute atomic E-state index is 10.0. The summed E-state index contributed by atoms with van der Waals surface area (Å²) in [7, 11) is 1.72. The van der Waals surface area contributed by atoms with E-state index in [1.54, 1.807) is 7.11 Å². The summed E-state index contributed by atoms with van der Waals surface area (Å²) in [6, 6.07) is 8.12. The zero-order valence-corrected chi connectivity index (χ0v) is 21.1. The van der Waals surface area contributed by atoms with Crippen LogP contribution in [0.25, 0.3) is 0 Å². The number of phenolic OH excluding ortho intramolecular Hbond substituents is 1. The van der Waals surface area contributed by atoms with E-state index in [1.807, 2.05) is 12.1 Å². The Labute approximate surface area is 204 Å². The van der Waals surface area contributed by atoms with E-state index in [1.165, 1.54) is 37.7 Å². The summed E-state index contributed by atoms with van der Waals surface area (Å²) >= 11 is 0. The summed E-state index contributed by atoms with van der Waals surface area (Å²) in [4.78, 5) is 0. The van der Waals surface area contributed by atoms with Gasteiger partial charge in [-0.05, 0) is 96.6 Å². The lowest BCUT2D eigenvalue weighted by molar-refractivity contribution is -0.234. The predicted octanol–water partition coefficient (Wildman–Crippen LogP) is 5.86. The van der Waals surface area contributed by atoms with E-state index in [4.69, 9.17) is 18.9 Å². The van der Waals surface area contributed by atoms with Gasteiger partial charge in [0.15, 0.2) is 5.79 Å². The molecule has 0 aromatic heterocycles. The molecule has 1 aromatic carbocycles. The summed E-state index contributed by atoms with van der Waals surface area (Å²) < 4.78 is 24.0.